The van der Waals surface area contributed by atoms with Crippen molar-refractivity contribution in [2.75, 3.05) is 34.3 Å². The molecular formula is C25H33FN6O4. The van der Waals surface area contributed by atoms with E-state index in [1.807, 2.05) is 4.90 Å². The second kappa shape index (κ2) is 10.9. The summed E-state index contributed by atoms with van der Waals surface area (Å²) >= 11 is 0. The maximum atomic E-state index is 13.6. The largest absolute Gasteiger partial charge is 0.494 e. The molecule has 0 aliphatic carbocycles. The number of carbonyl (C=O) groups excluding carboxylic acids is 2. The van der Waals surface area contributed by atoms with E-state index in [9.17, 15) is 14.0 Å². The van der Waals surface area contributed by atoms with E-state index in [0.717, 1.165) is 12.8 Å². The molecule has 1 aromatic heterocycles. The summed E-state index contributed by atoms with van der Waals surface area (Å²) in [5.41, 5.74) is 2.14. The SMILES string of the molecule is COc1cc(CNC(=O)c2cc(C3=NOC(C4CCN(C(=O)N(C)C)CC4)C3)nc(C)n2)ccc1F.[HH]. The number of urea groups is 1. The number of carbonyl (C=O) groups is 2. The van der Waals surface area contributed by atoms with E-state index < -0.39 is 5.82 Å². The van der Waals surface area contributed by atoms with Crippen LogP contribution >= 0.6 is 0 Å². The molecule has 1 unspecified atom stereocenters. The minimum atomic E-state index is -0.464. The monoisotopic (exact) mass is 500 g/mol. The highest BCUT2D eigenvalue weighted by Crippen LogP contribution is 2.29. The van der Waals surface area contributed by atoms with Crippen LogP contribution < -0.4 is 10.1 Å². The van der Waals surface area contributed by atoms with Gasteiger partial charge in [0.2, 0.25) is 0 Å². The fraction of sp³-hybridized carbons (Fsp3) is 0.480. The Hall–Kier alpha value is -3.76. The summed E-state index contributed by atoms with van der Waals surface area (Å²) in [7, 11) is 4.90. The van der Waals surface area contributed by atoms with Crippen LogP contribution in [0.5, 0.6) is 5.75 Å². The molecule has 36 heavy (non-hydrogen) atoms. The van der Waals surface area contributed by atoms with Crippen molar-refractivity contribution in [2.45, 2.75) is 38.8 Å². The third-order valence-electron chi connectivity index (χ3n) is 6.45. The van der Waals surface area contributed by atoms with Crippen molar-refractivity contribution in [3.05, 3.63) is 52.9 Å². The first-order chi connectivity index (χ1) is 17.2. The van der Waals surface area contributed by atoms with E-state index in [1.165, 1.54) is 19.2 Å². The first-order valence-corrected chi connectivity index (χ1v) is 11.9. The molecule has 3 heterocycles. The maximum absolute atomic E-state index is 13.6. The van der Waals surface area contributed by atoms with Gasteiger partial charge in [-0.05, 0) is 43.5 Å². The van der Waals surface area contributed by atoms with Crippen LogP contribution in [0.2, 0.25) is 0 Å². The van der Waals surface area contributed by atoms with Crippen LogP contribution in [0.4, 0.5) is 9.18 Å². The van der Waals surface area contributed by atoms with Gasteiger partial charge in [0.15, 0.2) is 11.6 Å². The summed E-state index contributed by atoms with van der Waals surface area (Å²) in [5.74, 6) is 0.0115. The number of amides is 3. The number of nitrogens with zero attached hydrogens (tertiary/aromatic N) is 5. The lowest BCUT2D eigenvalue weighted by Gasteiger charge is -2.35. The molecule has 11 heteroatoms. The molecule has 194 valence electrons. The molecule has 1 saturated heterocycles. The molecule has 2 aliphatic heterocycles. The number of rotatable bonds is 6. The Morgan fingerprint density at radius 3 is 2.69 bits per heavy atom. The first kappa shape index (κ1) is 25.3. The van der Waals surface area contributed by atoms with E-state index in [4.69, 9.17) is 9.57 Å². The number of hydrogen-bond donors (Lipinski definition) is 1. The molecule has 0 bridgehead atoms. The molecular weight excluding hydrogens is 467 g/mol. The van der Waals surface area contributed by atoms with Gasteiger partial charge in [-0.15, -0.1) is 0 Å². The predicted octanol–water partition coefficient (Wildman–Crippen LogP) is 3.00. The number of hydrogen-bond acceptors (Lipinski definition) is 7. The average molecular weight is 501 g/mol. The molecule has 10 nitrogen and oxygen atoms in total. The maximum Gasteiger partial charge on any atom is 0.319 e. The van der Waals surface area contributed by atoms with Gasteiger partial charge in [0.25, 0.3) is 5.91 Å². The van der Waals surface area contributed by atoms with E-state index in [0.29, 0.717) is 42.3 Å². The van der Waals surface area contributed by atoms with Crippen LogP contribution in [0.15, 0.2) is 29.4 Å². The smallest absolute Gasteiger partial charge is 0.319 e. The Morgan fingerprint density at radius 1 is 1.25 bits per heavy atom. The summed E-state index contributed by atoms with van der Waals surface area (Å²) in [4.78, 5) is 42.9. The van der Waals surface area contributed by atoms with Gasteiger partial charge in [-0.25, -0.2) is 19.2 Å². The van der Waals surface area contributed by atoms with Gasteiger partial charge >= 0.3 is 6.03 Å². The number of halogens is 1. The highest BCUT2D eigenvalue weighted by Gasteiger charge is 2.34. The van der Waals surface area contributed by atoms with Gasteiger partial charge in [0.05, 0.1) is 12.8 Å². The standard InChI is InChI=1S/C25H31FN6O4.H2/c1-15-28-19(12-21(29-15)24(33)27-14-16-5-6-18(26)23(11-16)35-4)20-13-22(36-30-20)17-7-9-32(10-8-17)25(34)31(2)3;/h5-6,11-12,17,22H,7-10,13-14H2,1-4H3,(H,27,33);1H. The van der Waals surface area contributed by atoms with Gasteiger partial charge in [0.1, 0.15) is 23.3 Å². The molecule has 1 fully saturated rings. The highest BCUT2D eigenvalue weighted by molar-refractivity contribution is 6.01. The number of aryl methyl sites for hydroxylation is 1. The van der Waals surface area contributed by atoms with Crippen LogP contribution in [-0.4, -0.2) is 77.8 Å². The molecule has 1 N–H and O–H groups in total. The molecule has 3 amide bonds. The fourth-order valence-electron chi connectivity index (χ4n) is 4.46. The number of ether oxygens (including phenoxy) is 1. The molecule has 1 aromatic carbocycles. The lowest BCUT2D eigenvalue weighted by Crippen LogP contribution is -2.45. The van der Waals surface area contributed by atoms with Crippen molar-refractivity contribution < 1.29 is 25.0 Å². The van der Waals surface area contributed by atoms with E-state index >= 15 is 0 Å². The van der Waals surface area contributed by atoms with Crippen LogP contribution in [0, 0.1) is 18.7 Å². The second-order valence-corrected chi connectivity index (χ2v) is 9.22. The Kier molecular flexibility index (Phi) is 7.66. The van der Waals surface area contributed by atoms with E-state index in [1.54, 1.807) is 38.1 Å². The normalized spacial score (nSPS) is 17.9. The number of nitrogens with one attached hydrogen (secondary N) is 1. The summed E-state index contributed by atoms with van der Waals surface area (Å²) in [6.07, 6.45) is 2.19. The van der Waals surface area contributed by atoms with Crippen LogP contribution in [0.25, 0.3) is 0 Å². The van der Waals surface area contributed by atoms with Crippen molar-refractivity contribution in [3.63, 3.8) is 0 Å². The lowest BCUT2D eigenvalue weighted by molar-refractivity contribution is 0.0171. The van der Waals surface area contributed by atoms with Gasteiger partial charge < -0.3 is 24.7 Å². The van der Waals surface area contributed by atoms with Crippen molar-refractivity contribution >= 4 is 17.6 Å². The molecule has 0 saturated carbocycles. The predicted molar refractivity (Wildman–Crippen MR) is 132 cm³/mol. The van der Waals surface area contributed by atoms with Crippen molar-refractivity contribution in [1.82, 2.24) is 25.1 Å². The van der Waals surface area contributed by atoms with Gasteiger partial charge in [0, 0.05) is 47.5 Å². The third-order valence-corrected chi connectivity index (χ3v) is 6.45. The molecule has 2 aliphatic rings. The Balaban J connectivity index is 0.00000380. The minimum Gasteiger partial charge on any atom is -0.494 e. The van der Waals surface area contributed by atoms with Gasteiger partial charge in [-0.1, -0.05) is 11.2 Å². The van der Waals surface area contributed by atoms with Crippen molar-refractivity contribution in [2.24, 2.45) is 11.1 Å². The number of aromatic nitrogens is 2. The lowest BCUT2D eigenvalue weighted by atomic mass is 9.88. The zero-order valence-corrected chi connectivity index (χ0v) is 21.0. The molecule has 2 aromatic rings. The first-order valence-electron chi connectivity index (χ1n) is 11.9. The summed E-state index contributed by atoms with van der Waals surface area (Å²) < 4.78 is 18.6. The summed E-state index contributed by atoms with van der Waals surface area (Å²) in [6.45, 7) is 3.28. The summed E-state index contributed by atoms with van der Waals surface area (Å²) in [5, 5.41) is 7.06. The van der Waals surface area contributed by atoms with Gasteiger partial charge in [-0.2, -0.15) is 0 Å². The second-order valence-electron chi connectivity index (χ2n) is 9.22. The summed E-state index contributed by atoms with van der Waals surface area (Å²) in [6, 6.07) is 6.05. The average Bonchev–Trinajstić information content (AvgIpc) is 3.37. The van der Waals surface area contributed by atoms with Crippen LogP contribution in [0.1, 0.15) is 48.3 Å². The van der Waals surface area contributed by atoms with Crippen molar-refractivity contribution in [1.29, 1.82) is 0 Å². The molecule has 4 rings (SSSR count). The molecule has 0 radical (unpaired) electrons. The quantitative estimate of drug-likeness (QED) is 0.653. The van der Waals surface area contributed by atoms with Gasteiger partial charge in [-0.3, -0.25) is 4.79 Å². The number of methoxy groups -OCH3 is 1. The zero-order valence-electron chi connectivity index (χ0n) is 21.0. The van der Waals surface area contributed by atoms with Crippen LogP contribution in [0.3, 0.4) is 0 Å². The number of likely N-dealkylation sites (tertiary alicyclic amines) is 1. The minimum absolute atomic E-state index is 0. The van der Waals surface area contributed by atoms with Crippen molar-refractivity contribution in [3.8, 4) is 5.75 Å². The highest BCUT2D eigenvalue weighted by atomic mass is 19.1. The van der Waals surface area contributed by atoms with E-state index in [-0.39, 0.29) is 43.4 Å². The number of oxime groups is 1. The Bertz CT molecular complexity index is 1170. The zero-order chi connectivity index (χ0) is 25.8. The van der Waals surface area contributed by atoms with E-state index in [2.05, 4.69) is 20.4 Å². The number of piperidine rings is 1. The Morgan fingerprint density at radius 2 is 2.00 bits per heavy atom. The van der Waals surface area contributed by atoms with Crippen LogP contribution in [-0.2, 0) is 11.4 Å². The molecule has 1 atom stereocenters. The fourth-order valence-corrected chi connectivity index (χ4v) is 4.46. The number of benzene rings is 1. The molecule has 0 spiro atoms. The third kappa shape index (κ3) is 5.72. The Labute approximate surface area is 211 Å². The topological polar surface area (TPSA) is 109 Å².